The summed E-state index contributed by atoms with van der Waals surface area (Å²) in [5, 5.41) is 7.97. The van der Waals surface area contributed by atoms with Crippen LogP contribution >= 0.6 is 11.3 Å². The average Bonchev–Trinajstić information content (AvgIpc) is 3.14. The predicted molar refractivity (Wildman–Crippen MR) is 88.2 cm³/mol. The van der Waals surface area contributed by atoms with Crippen LogP contribution in [-0.2, 0) is 30.2 Å². The number of nitrogens with one attached hydrogen (secondary N) is 1. The summed E-state index contributed by atoms with van der Waals surface area (Å²) in [6.07, 6.45) is 8.37. The van der Waals surface area contributed by atoms with Crippen molar-refractivity contribution in [2.45, 2.75) is 44.2 Å². The van der Waals surface area contributed by atoms with Gasteiger partial charge in [0.15, 0.2) is 0 Å². The molecule has 0 aromatic carbocycles. The highest BCUT2D eigenvalue weighted by atomic mass is 32.1. The highest BCUT2D eigenvalue weighted by molar-refractivity contribution is 7.12. The lowest BCUT2D eigenvalue weighted by atomic mass is 9.81. The molecule has 0 bridgehead atoms. The molecule has 5 heteroatoms. The van der Waals surface area contributed by atoms with E-state index in [4.69, 9.17) is 4.74 Å². The Morgan fingerprint density at radius 2 is 2.45 bits per heavy atom. The average molecular weight is 317 g/mol. The van der Waals surface area contributed by atoms with Crippen molar-refractivity contribution >= 4 is 11.3 Å². The van der Waals surface area contributed by atoms with Gasteiger partial charge in [0.05, 0.1) is 12.8 Å². The molecule has 4 nitrogen and oxygen atoms in total. The van der Waals surface area contributed by atoms with Crippen LogP contribution in [0.5, 0.6) is 0 Å². The van der Waals surface area contributed by atoms with Crippen LogP contribution in [0.15, 0.2) is 18.5 Å². The fourth-order valence-corrected chi connectivity index (χ4v) is 5.13. The molecule has 2 aliphatic rings. The van der Waals surface area contributed by atoms with E-state index in [0.29, 0.717) is 6.04 Å². The molecule has 22 heavy (non-hydrogen) atoms. The van der Waals surface area contributed by atoms with Crippen LogP contribution in [0, 0.1) is 0 Å². The minimum absolute atomic E-state index is 0.0859. The molecule has 118 valence electrons. The Hall–Kier alpha value is -1.17. The molecule has 1 fully saturated rings. The standard InChI is InChI=1S/C17H23N3OS/c1-3-14-8-12-4-7-21-17(16(12)22-14)5-6-18-15(9-17)13-10-19-20(2)11-13/h8,10-11,15,18H,3-7,9H2,1-2H3/t15-,17-/m0/s1. The highest BCUT2D eigenvalue weighted by Crippen LogP contribution is 2.47. The van der Waals surface area contributed by atoms with E-state index in [1.54, 1.807) is 0 Å². The van der Waals surface area contributed by atoms with Gasteiger partial charge in [-0.25, -0.2) is 0 Å². The number of hydrogen-bond acceptors (Lipinski definition) is 4. The van der Waals surface area contributed by atoms with Crippen LogP contribution in [0.1, 0.15) is 46.7 Å². The van der Waals surface area contributed by atoms with Gasteiger partial charge in [0.25, 0.3) is 0 Å². The fourth-order valence-electron chi connectivity index (χ4n) is 3.80. The van der Waals surface area contributed by atoms with E-state index in [1.165, 1.54) is 20.9 Å². The third-order valence-electron chi connectivity index (χ3n) is 4.95. The Bertz CT molecular complexity index is 677. The van der Waals surface area contributed by atoms with Crippen LogP contribution in [0.25, 0.3) is 0 Å². The van der Waals surface area contributed by atoms with Crippen molar-refractivity contribution in [3.8, 4) is 0 Å². The van der Waals surface area contributed by atoms with Crippen molar-refractivity contribution in [1.82, 2.24) is 15.1 Å². The molecule has 1 N–H and O–H groups in total. The number of aryl methyl sites for hydroxylation is 2. The lowest BCUT2D eigenvalue weighted by Gasteiger charge is -2.43. The largest absolute Gasteiger partial charge is 0.369 e. The van der Waals surface area contributed by atoms with Gasteiger partial charge in [0.2, 0.25) is 0 Å². The number of ether oxygens (including phenoxy) is 1. The molecule has 4 rings (SSSR count). The molecular weight excluding hydrogens is 294 g/mol. The van der Waals surface area contributed by atoms with Crippen LogP contribution in [0.2, 0.25) is 0 Å². The number of nitrogens with zero attached hydrogens (tertiary/aromatic N) is 2. The summed E-state index contributed by atoms with van der Waals surface area (Å²) in [5.41, 5.74) is 2.71. The maximum absolute atomic E-state index is 6.39. The van der Waals surface area contributed by atoms with Crippen LogP contribution in [-0.4, -0.2) is 22.9 Å². The molecule has 1 saturated heterocycles. The molecule has 0 amide bonds. The van der Waals surface area contributed by atoms with Gasteiger partial charge in [-0.2, -0.15) is 5.10 Å². The predicted octanol–water partition coefficient (Wildman–Crippen LogP) is 2.94. The summed E-state index contributed by atoms with van der Waals surface area (Å²) < 4.78 is 8.27. The number of fused-ring (bicyclic) bond motifs is 2. The second-order valence-corrected chi connectivity index (χ2v) is 7.56. The molecule has 2 aliphatic heterocycles. The molecular formula is C17H23N3OS. The van der Waals surface area contributed by atoms with Crippen LogP contribution in [0.3, 0.4) is 0 Å². The van der Waals surface area contributed by atoms with E-state index in [2.05, 4.69) is 29.6 Å². The van der Waals surface area contributed by atoms with Crippen molar-refractivity contribution in [2.75, 3.05) is 13.2 Å². The summed E-state index contributed by atoms with van der Waals surface area (Å²) >= 11 is 1.97. The molecule has 2 aromatic rings. The molecule has 0 saturated carbocycles. The monoisotopic (exact) mass is 317 g/mol. The van der Waals surface area contributed by atoms with Crippen molar-refractivity contribution in [2.24, 2.45) is 7.05 Å². The Morgan fingerprint density at radius 3 is 3.23 bits per heavy atom. The minimum Gasteiger partial charge on any atom is -0.369 e. The molecule has 0 aliphatic carbocycles. The second-order valence-electron chi connectivity index (χ2n) is 6.42. The molecule has 2 aromatic heterocycles. The zero-order chi connectivity index (χ0) is 15.2. The van der Waals surface area contributed by atoms with Crippen LogP contribution < -0.4 is 5.32 Å². The van der Waals surface area contributed by atoms with Gasteiger partial charge < -0.3 is 10.1 Å². The number of thiophene rings is 1. The molecule has 2 atom stereocenters. The molecule has 4 heterocycles. The Labute approximate surface area is 135 Å². The van der Waals surface area contributed by atoms with E-state index in [-0.39, 0.29) is 5.60 Å². The van der Waals surface area contributed by atoms with Crippen LogP contribution in [0.4, 0.5) is 0 Å². The van der Waals surface area contributed by atoms with E-state index >= 15 is 0 Å². The molecule has 0 unspecified atom stereocenters. The van der Waals surface area contributed by atoms with Gasteiger partial charge >= 0.3 is 0 Å². The van der Waals surface area contributed by atoms with Gasteiger partial charge in [-0.1, -0.05) is 6.92 Å². The van der Waals surface area contributed by atoms with Crippen molar-refractivity contribution in [3.05, 3.63) is 39.3 Å². The number of rotatable bonds is 2. The fraction of sp³-hybridized carbons (Fsp3) is 0.588. The van der Waals surface area contributed by atoms with Gasteiger partial charge in [0, 0.05) is 41.0 Å². The van der Waals surface area contributed by atoms with E-state index in [9.17, 15) is 0 Å². The highest BCUT2D eigenvalue weighted by Gasteiger charge is 2.44. The van der Waals surface area contributed by atoms with Gasteiger partial charge in [-0.15, -0.1) is 11.3 Å². The normalized spacial score (nSPS) is 28.0. The summed E-state index contributed by atoms with van der Waals surface area (Å²) in [6.45, 7) is 4.09. The summed E-state index contributed by atoms with van der Waals surface area (Å²) in [6, 6.07) is 2.74. The minimum atomic E-state index is -0.0859. The summed E-state index contributed by atoms with van der Waals surface area (Å²) in [4.78, 5) is 2.98. The first-order valence-electron chi connectivity index (χ1n) is 8.18. The first kappa shape index (κ1) is 14.4. The van der Waals surface area contributed by atoms with Gasteiger partial charge in [0.1, 0.15) is 5.60 Å². The second kappa shape index (κ2) is 5.48. The summed E-state index contributed by atoms with van der Waals surface area (Å²) in [5.74, 6) is 0. The smallest absolute Gasteiger partial charge is 0.106 e. The zero-order valence-electron chi connectivity index (χ0n) is 13.3. The number of aromatic nitrogens is 2. The van der Waals surface area contributed by atoms with E-state index < -0.39 is 0 Å². The maximum Gasteiger partial charge on any atom is 0.106 e. The van der Waals surface area contributed by atoms with Crippen molar-refractivity contribution in [1.29, 1.82) is 0 Å². The Kier molecular flexibility index (Phi) is 3.59. The molecule has 0 radical (unpaired) electrons. The topological polar surface area (TPSA) is 39.1 Å². The third kappa shape index (κ3) is 2.32. The lowest BCUT2D eigenvalue weighted by Crippen LogP contribution is -2.45. The van der Waals surface area contributed by atoms with Gasteiger partial charge in [-0.05, 0) is 37.4 Å². The summed E-state index contributed by atoms with van der Waals surface area (Å²) in [7, 11) is 1.98. The third-order valence-corrected chi connectivity index (χ3v) is 6.46. The van der Waals surface area contributed by atoms with E-state index in [1.807, 2.05) is 29.3 Å². The quantitative estimate of drug-likeness (QED) is 0.925. The number of hydrogen-bond donors (Lipinski definition) is 1. The van der Waals surface area contributed by atoms with Gasteiger partial charge in [-0.3, -0.25) is 4.68 Å². The lowest BCUT2D eigenvalue weighted by molar-refractivity contribution is -0.0868. The van der Waals surface area contributed by atoms with Crippen molar-refractivity contribution < 1.29 is 4.74 Å². The van der Waals surface area contributed by atoms with E-state index in [0.717, 1.165) is 38.8 Å². The Morgan fingerprint density at radius 1 is 1.55 bits per heavy atom. The maximum atomic E-state index is 6.39. The first-order chi connectivity index (χ1) is 10.7. The molecule has 1 spiro atoms. The Balaban J connectivity index is 1.68. The van der Waals surface area contributed by atoms with Crippen molar-refractivity contribution in [3.63, 3.8) is 0 Å². The number of piperidine rings is 1. The first-order valence-corrected chi connectivity index (χ1v) is 9.00. The SMILES string of the molecule is CCc1cc2c(s1)[C@@]1(CCN[C@H](c3cnn(C)c3)C1)OCC2. The zero-order valence-corrected chi connectivity index (χ0v) is 14.1.